The Balaban J connectivity index is 1.44. The third kappa shape index (κ3) is 3.91. The van der Waals surface area contributed by atoms with E-state index in [-0.39, 0.29) is 11.8 Å². The van der Waals surface area contributed by atoms with Gasteiger partial charge in [-0.1, -0.05) is 12.1 Å². The summed E-state index contributed by atoms with van der Waals surface area (Å²) in [5.41, 5.74) is 3.48. The molecular weight excluding hydrogens is 361 g/mol. The first kappa shape index (κ1) is 18.6. The predicted octanol–water partition coefficient (Wildman–Crippen LogP) is 2.03. The molecule has 0 radical (unpaired) electrons. The highest BCUT2D eigenvalue weighted by molar-refractivity contribution is 5.75. The number of benzene rings is 1. The van der Waals surface area contributed by atoms with Crippen LogP contribution in [0, 0.1) is 12.7 Å². The first-order valence-electron chi connectivity index (χ1n) is 9.55. The van der Waals surface area contributed by atoms with Crippen molar-refractivity contribution >= 4 is 11.8 Å². The highest BCUT2D eigenvalue weighted by Crippen LogP contribution is 2.26. The monoisotopic (exact) mass is 385 g/mol. The number of halogens is 1. The van der Waals surface area contributed by atoms with Crippen LogP contribution in [0.3, 0.4) is 0 Å². The standard InChI is InChI=1S/C20H24FN5O2/c1-14-10-15(2-3-17(14)21)11-22-20(27)26-5-4-18-16(12-26)19(24-13-23-18)25-6-8-28-9-7-25/h2-3,10,13H,4-9,11-12H2,1H3,(H,22,27). The van der Waals surface area contributed by atoms with E-state index >= 15 is 0 Å². The first-order chi connectivity index (χ1) is 13.6. The van der Waals surface area contributed by atoms with E-state index in [0.717, 1.165) is 35.7 Å². The molecule has 0 bridgehead atoms. The maximum Gasteiger partial charge on any atom is 0.317 e. The molecule has 2 aliphatic rings. The molecule has 0 aliphatic carbocycles. The Morgan fingerprint density at radius 2 is 2.07 bits per heavy atom. The average molecular weight is 385 g/mol. The molecule has 4 rings (SSSR count). The number of rotatable bonds is 3. The minimum atomic E-state index is -0.238. The highest BCUT2D eigenvalue weighted by atomic mass is 19.1. The van der Waals surface area contributed by atoms with E-state index in [1.807, 2.05) is 0 Å². The van der Waals surface area contributed by atoms with Crippen LogP contribution in [0.1, 0.15) is 22.4 Å². The van der Waals surface area contributed by atoms with Crippen molar-refractivity contribution in [2.75, 3.05) is 37.7 Å². The lowest BCUT2D eigenvalue weighted by Gasteiger charge is -2.34. The SMILES string of the molecule is Cc1cc(CNC(=O)N2CCc3ncnc(N4CCOCC4)c3C2)ccc1F. The molecule has 1 fully saturated rings. The fourth-order valence-electron chi connectivity index (χ4n) is 3.65. The maximum absolute atomic E-state index is 13.4. The van der Waals surface area contributed by atoms with E-state index in [9.17, 15) is 9.18 Å². The van der Waals surface area contributed by atoms with Gasteiger partial charge in [0.2, 0.25) is 0 Å². The molecule has 3 heterocycles. The van der Waals surface area contributed by atoms with Crippen LogP contribution in [0.15, 0.2) is 24.5 Å². The maximum atomic E-state index is 13.4. The van der Waals surface area contributed by atoms with Gasteiger partial charge in [-0.25, -0.2) is 19.2 Å². The van der Waals surface area contributed by atoms with E-state index in [4.69, 9.17) is 4.74 Å². The number of amides is 2. The van der Waals surface area contributed by atoms with Gasteiger partial charge in [0.25, 0.3) is 0 Å². The zero-order chi connectivity index (χ0) is 19.5. The van der Waals surface area contributed by atoms with Gasteiger partial charge >= 0.3 is 6.03 Å². The molecule has 2 aliphatic heterocycles. The van der Waals surface area contributed by atoms with Crippen LogP contribution < -0.4 is 10.2 Å². The van der Waals surface area contributed by atoms with Crippen LogP contribution in [0.4, 0.5) is 15.0 Å². The number of morpholine rings is 1. The zero-order valence-corrected chi connectivity index (χ0v) is 15.9. The third-order valence-electron chi connectivity index (χ3n) is 5.24. The van der Waals surface area contributed by atoms with Crippen LogP contribution in [0.25, 0.3) is 0 Å². The summed E-state index contributed by atoms with van der Waals surface area (Å²) in [6.07, 6.45) is 2.31. The number of aromatic nitrogens is 2. The number of carbonyl (C=O) groups is 1. The molecule has 28 heavy (non-hydrogen) atoms. The van der Waals surface area contributed by atoms with Gasteiger partial charge in [0, 0.05) is 38.2 Å². The number of nitrogens with zero attached hydrogens (tertiary/aromatic N) is 4. The van der Waals surface area contributed by atoms with Gasteiger partial charge in [0.15, 0.2) is 0 Å². The third-order valence-corrected chi connectivity index (χ3v) is 5.24. The number of carbonyl (C=O) groups excluding carboxylic acids is 1. The van der Waals surface area contributed by atoms with Crippen LogP contribution in [-0.4, -0.2) is 53.7 Å². The second-order valence-electron chi connectivity index (χ2n) is 7.14. The van der Waals surface area contributed by atoms with Crippen LogP contribution >= 0.6 is 0 Å². The molecule has 1 saturated heterocycles. The van der Waals surface area contributed by atoms with E-state index < -0.39 is 0 Å². The molecule has 7 nitrogen and oxygen atoms in total. The summed E-state index contributed by atoms with van der Waals surface area (Å²) >= 11 is 0. The lowest BCUT2D eigenvalue weighted by molar-refractivity contribution is 0.122. The quantitative estimate of drug-likeness (QED) is 0.876. The summed E-state index contributed by atoms with van der Waals surface area (Å²) in [7, 11) is 0. The van der Waals surface area contributed by atoms with Gasteiger partial charge in [-0.2, -0.15) is 0 Å². The molecule has 2 amide bonds. The minimum absolute atomic E-state index is 0.135. The van der Waals surface area contributed by atoms with Crippen molar-refractivity contribution in [2.24, 2.45) is 0 Å². The lowest BCUT2D eigenvalue weighted by Crippen LogP contribution is -2.44. The second kappa shape index (κ2) is 8.10. The Morgan fingerprint density at radius 1 is 1.25 bits per heavy atom. The summed E-state index contributed by atoms with van der Waals surface area (Å²) < 4.78 is 18.8. The van der Waals surface area contributed by atoms with E-state index in [2.05, 4.69) is 20.2 Å². The normalized spacial score (nSPS) is 16.6. The molecule has 0 saturated carbocycles. The van der Waals surface area contributed by atoms with Crippen molar-refractivity contribution in [3.8, 4) is 0 Å². The van der Waals surface area contributed by atoms with Crippen LogP contribution in [0.2, 0.25) is 0 Å². The molecule has 1 aromatic heterocycles. The lowest BCUT2D eigenvalue weighted by atomic mass is 10.1. The number of aryl methyl sites for hydroxylation is 1. The number of anilines is 1. The minimum Gasteiger partial charge on any atom is -0.378 e. The van der Waals surface area contributed by atoms with E-state index in [0.29, 0.717) is 44.8 Å². The van der Waals surface area contributed by atoms with Gasteiger partial charge in [0.05, 0.1) is 25.5 Å². The van der Waals surface area contributed by atoms with Crippen LogP contribution in [0.5, 0.6) is 0 Å². The van der Waals surface area contributed by atoms with Crippen LogP contribution in [-0.2, 0) is 24.2 Å². The average Bonchev–Trinajstić information content (AvgIpc) is 2.74. The zero-order valence-electron chi connectivity index (χ0n) is 15.9. The largest absolute Gasteiger partial charge is 0.378 e. The molecule has 0 atom stereocenters. The van der Waals surface area contributed by atoms with Gasteiger partial charge in [0.1, 0.15) is 18.0 Å². The summed E-state index contributed by atoms with van der Waals surface area (Å²) in [5.74, 6) is 0.665. The van der Waals surface area contributed by atoms with Crippen molar-refractivity contribution in [1.29, 1.82) is 0 Å². The topological polar surface area (TPSA) is 70.6 Å². The van der Waals surface area contributed by atoms with Gasteiger partial charge in [-0.3, -0.25) is 0 Å². The summed E-state index contributed by atoms with van der Waals surface area (Å²) in [6, 6.07) is 4.74. The number of fused-ring (bicyclic) bond motifs is 1. The molecule has 0 spiro atoms. The highest BCUT2D eigenvalue weighted by Gasteiger charge is 2.27. The number of hydrogen-bond acceptors (Lipinski definition) is 5. The van der Waals surface area contributed by atoms with Gasteiger partial charge in [-0.15, -0.1) is 0 Å². The predicted molar refractivity (Wildman–Crippen MR) is 103 cm³/mol. The van der Waals surface area contributed by atoms with Gasteiger partial charge < -0.3 is 19.9 Å². The molecule has 148 valence electrons. The molecular formula is C20H24FN5O2. The van der Waals surface area contributed by atoms with Crippen molar-refractivity contribution in [1.82, 2.24) is 20.2 Å². The number of hydrogen-bond donors (Lipinski definition) is 1. The fraction of sp³-hybridized carbons (Fsp3) is 0.450. The smallest absolute Gasteiger partial charge is 0.317 e. The van der Waals surface area contributed by atoms with Gasteiger partial charge in [-0.05, 0) is 24.1 Å². The molecule has 0 unspecified atom stereocenters. The Bertz CT molecular complexity index is 870. The van der Waals surface area contributed by atoms with E-state index in [1.165, 1.54) is 6.07 Å². The van der Waals surface area contributed by atoms with E-state index in [1.54, 1.807) is 30.3 Å². The Kier molecular flexibility index (Phi) is 5.38. The van der Waals surface area contributed by atoms with Crippen molar-refractivity contribution in [3.05, 3.63) is 52.7 Å². The summed E-state index contributed by atoms with van der Waals surface area (Å²) in [6.45, 7) is 6.12. The Morgan fingerprint density at radius 3 is 2.86 bits per heavy atom. The molecule has 1 N–H and O–H groups in total. The van der Waals surface area contributed by atoms with Crippen molar-refractivity contribution in [2.45, 2.75) is 26.4 Å². The number of ether oxygens (including phenoxy) is 1. The Hall–Kier alpha value is -2.74. The molecule has 1 aromatic carbocycles. The fourth-order valence-corrected chi connectivity index (χ4v) is 3.65. The molecule has 8 heteroatoms. The number of urea groups is 1. The number of nitrogens with one attached hydrogen (secondary N) is 1. The Labute approximate surface area is 163 Å². The summed E-state index contributed by atoms with van der Waals surface area (Å²) in [5, 5.41) is 2.94. The second-order valence-corrected chi connectivity index (χ2v) is 7.14. The molecule has 2 aromatic rings. The van der Waals surface area contributed by atoms with Crippen molar-refractivity contribution < 1.29 is 13.9 Å². The first-order valence-corrected chi connectivity index (χ1v) is 9.55. The van der Waals surface area contributed by atoms with Crippen molar-refractivity contribution in [3.63, 3.8) is 0 Å². The summed E-state index contributed by atoms with van der Waals surface area (Å²) in [4.78, 5) is 25.6.